The van der Waals surface area contributed by atoms with Gasteiger partial charge in [0.15, 0.2) is 0 Å². The first kappa shape index (κ1) is 9.62. The molecule has 5 rings (SSSR count). The van der Waals surface area contributed by atoms with Gasteiger partial charge < -0.3 is 4.74 Å². The van der Waals surface area contributed by atoms with Crippen LogP contribution < -0.4 is 5.32 Å². The standard InChI is InChI=1S/C16H17NO/c1-3-9-13-11(4-2)18-12-7-5-6-10-14-16(9,17-14)8-15(10,12)13/h3,5-7,12,14,17H,4,8H2,1-2H3. The summed E-state index contributed by atoms with van der Waals surface area (Å²) in [4.78, 5) is 0. The third-order valence-electron chi connectivity index (χ3n) is 5.60. The largest absolute Gasteiger partial charge is 0.489 e. The molecule has 0 amide bonds. The molecule has 0 aromatic rings. The average molecular weight is 239 g/mol. The first-order valence-corrected chi connectivity index (χ1v) is 7.02. The zero-order valence-corrected chi connectivity index (χ0v) is 10.8. The molecule has 2 aliphatic heterocycles. The highest BCUT2D eigenvalue weighted by Gasteiger charge is 2.80. The summed E-state index contributed by atoms with van der Waals surface area (Å²) in [6.45, 7) is 4.38. The smallest absolute Gasteiger partial charge is 0.130 e. The van der Waals surface area contributed by atoms with E-state index in [0.29, 0.717) is 6.04 Å². The van der Waals surface area contributed by atoms with Crippen LogP contribution >= 0.6 is 0 Å². The van der Waals surface area contributed by atoms with E-state index in [-0.39, 0.29) is 17.1 Å². The van der Waals surface area contributed by atoms with Crippen molar-refractivity contribution in [3.05, 3.63) is 46.8 Å². The van der Waals surface area contributed by atoms with E-state index >= 15 is 0 Å². The van der Waals surface area contributed by atoms with Crippen LogP contribution in [0, 0.1) is 5.41 Å². The van der Waals surface area contributed by atoms with E-state index in [1.807, 2.05) is 0 Å². The minimum absolute atomic E-state index is 0.192. The predicted molar refractivity (Wildman–Crippen MR) is 69.9 cm³/mol. The summed E-state index contributed by atoms with van der Waals surface area (Å²) in [6.07, 6.45) is 11.6. The fourth-order valence-electron chi connectivity index (χ4n) is 5.03. The summed E-state index contributed by atoms with van der Waals surface area (Å²) in [5.41, 5.74) is 5.09. The predicted octanol–water partition coefficient (Wildman–Crippen LogP) is 2.61. The maximum atomic E-state index is 6.25. The number of fused-ring (bicyclic) bond motifs is 1. The maximum Gasteiger partial charge on any atom is 0.130 e. The lowest BCUT2D eigenvalue weighted by molar-refractivity contribution is 0.112. The number of rotatable bonds is 1. The molecule has 1 saturated heterocycles. The van der Waals surface area contributed by atoms with Crippen LogP contribution in [0.25, 0.3) is 0 Å². The Hall–Kier alpha value is -1.28. The van der Waals surface area contributed by atoms with Gasteiger partial charge in [-0.25, -0.2) is 0 Å². The Bertz CT molecular complexity index is 609. The second-order valence-electron chi connectivity index (χ2n) is 6.10. The quantitative estimate of drug-likeness (QED) is 0.713. The lowest BCUT2D eigenvalue weighted by Gasteiger charge is -2.33. The fraction of sp³-hybridized carbons (Fsp3) is 0.500. The van der Waals surface area contributed by atoms with E-state index < -0.39 is 0 Å². The third-order valence-corrected chi connectivity index (χ3v) is 5.60. The van der Waals surface area contributed by atoms with Crippen molar-refractivity contribution in [1.29, 1.82) is 0 Å². The van der Waals surface area contributed by atoms with Crippen molar-refractivity contribution in [2.45, 2.75) is 44.4 Å². The normalized spacial score (nSPS) is 51.4. The lowest BCUT2D eigenvalue weighted by atomic mass is 9.69. The lowest BCUT2D eigenvalue weighted by Crippen LogP contribution is -2.35. The molecule has 2 heterocycles. The highest BCUT2D eigenvalue weighted by atomic mass is 16.5. The summed E-state index contributed by atoms with van der Waals surface area (Å²) in [5, 5.41) is 3.74. The SMILES string of the molecule is CC=C1C2=C(CC)OC3C=CC=C4C5NC15CC423. The van der Waals surface area contributed by atoms with Crippen LogP contribution in [-0.2, 0) is 4.74 Å². The van der Waals surface area contributed by atoms with Crippen LogP contribution in [0.3, 0.4) is 0 Å². The van der Waals surface area contributed by atoms with Gasteiger partial charge in [0.25, 0.3) is 0 Å². The van der Waals surface area contributed by atoms with Gasteiger partial charge >= 0.3 is 0 Å². The molecule has 4 unspecified atom stereocenters. The highest BCUT2D eigenvalue weighted by molar-refractivity contribution is 5.74. The van der Waals surface area contributed by atoms with E-state index in [9.17, 15) is 0 Å². The van der Waals surface area contributed by atoms with E-state index in [1.54, 1.807) is 5.57 Å². The minimum Gasteiger partial charge on any atom is -0.489 e. The second-order valence-corrected chi connectivity index (χ2v) is 6.10. The fourth-order valence-corrected chi connectivity index (χ4v) is 5.03. The van der Waals surface area contributed by atoms with Crippen molar-refractivity contribution in [3.8, 4) is 0 Å². The van der Waals surface area contributed by atoms with Crippen molar-refractivity contribution in [1.82, 2.24) is 5.32 Å². The number of ether oxygens (including phenoxy) is 1. The number of hydrogen-bond acceptors (Lipinski definition) is 2. The molecule has 2 nitrogen and oxygen atoms in total. The van der Waals surface area contributed by atoms with Crippen molar-refractivity contribution in [2.24, 2.45) is 5.41 Å². The molecule has 2 saturated carbocycles. The zero-order chi connectivity index (χ0) is 12.1. The summed E-state index contributed by atoms with van der Waals surface area (Å²) in [6, 6.07) is 0.583. The highest BCUT2D eigenvalue weighted by Crippen LogP contribution is 2.75. The monoisotopic (exact) mass is 239 g/mol. The van der Waals surface area contributed by atoms with Crippen LogP contribution in [0.5, 0.6) is 0 Å². The molecule has 4 atom stereocenters. The topological polar surface area (TPSA) is 31.2 Å². The molecule has 2 bridgehead atoms. The number of allylic oxidation sites excluding steroid dienone is 4. The Balaban J connectivity index is 1.86. The van der Waals surface area contributed by atoms with Crippen molar-refractivity contribution < 1.29 is 4.74 Å². The number of piperidine rings is 1. The average Bonchev–Trinajstić information content (AvgIpc) is 2.77. The van der Waals surface area contributed by atoms with E-state index in [2.05, 4.69) is 43.5 Å². The molecule has 18 heavy (non-hydrogen) atoms. The van der Waals surface area contributed by atoms with Crippen LogP contribution in [0.2, 0.25) is 0 Å². The Morgan fingerprint density at radius 2 is 2.44 bits per heavy atom. The van der Waals surface area contributed by atoms with E-state index in [4.69, 9.17) is 4.74 Å². The van der Waals surface area contributed by atoms with Gasteiger partial charge in [-0.1, -0.05) is 25.2 Å². The van der Waals surface area contributed by atoms with Crippen molar-refractivity contribution >= 4 is 0 Å². The second kappa shape index (κ2) is 2.53. The molecule has 3 aliphatic carbocycles. The van der Waals surface area contributed by atoms with Gasteiger partial charge in [0.1, 0.15) is 11.9 Å². The summed E-state index contributed by atoms with van der Waals surface area (Å²) in [7, 11) is 0. The molecule has 92 valence electrons. The van der Waals surface area contributed by atoms with E-state index in [1.165, 1.54) is 23.3 Å². The maximum absolute atomic E-state index is 6.25. The molecule has 2 heteroatoms. The summed E-state index contributed by atoms with van der Waals surface area (Å²) in [5.74, 6) is 1.23. The summed E-state index contributed by atoms with van der Waals surface area (Å²) < 4.78 is 6.25. The molecule has 0 aromatic heterocycles. The Morgan fingerprint density at radius 1 is 1.56 bits per heavy atom. The van der Waals surface area contributed by atoms with Gasteiger partial charge in [-0.3, -0.25) is 5.32 Å². The van der Waals surface area contributed by atoms with Crippen LogP contribution in [0.1, 0.15) is 26.7 Å². The van der Waals surface area contributed by atoms with Crippen molar-refractivity contribution in [3.63, 3.8) is 0 Å². The van der Waals surface area contributed by atoms with Gasteiger partial charge in [0, 0.05) is 12.0 Å². The molecule has 5 aliphatic rings. The van der Waals surface area contributed by atoms with E-state index in [0.717, 1.165) is 6.42 Å². The third kappa shape index (κ3) is 0.682. The molecule has 0 aromatic carbocycles. The minimum atomic E-state index is 0.192. The molecule has 1 N–H and O–H groups in total. The first-order chi connectivity index (χ1) is 8.78. The van der Waals surface area contributed by atoms with Gasteiger partial charge in [-0.05, 0) is 30.6 Å². The molecule has 3 fully saturated rings. The van der Waals surface area contributed by atoms with Gasteiger partial charge in [0.05, 0.1) is 17.0 Å². The zero-order valence-electron chi connectivity index (χ0n) is 10.8. The van der Waals surface area contributed by atoms with Crippen LogP contribution in [-0.4, -0.2) is 17.7 Å². The summed E-state index contributed by atoms with van der Waals surface area (Å²) >= 11 is 0. The molecular formula is C16H17NO. The number of nitrogens with one attached hydrogen (secondary N) is 1. The first-order valence-electron chi connectivity index (χ1n) is 7.02. The Labute approximate surface area is 107 Å². The molecule has 2 spiro atoms. The van der Waals surface area contributed by atoms with Crippen LogP contribution in [0.15, 0.2) is 46.8 Å². The van der Waals surface area contributed by atoms with Gasteiger partial charge in [0.2, 0.25) is 0 Å². The Kier molecular flexibility index (Phi) is 1.35. The molecular weight excluding hydrogens is 222 g/mol. The molecule has 0 radical (unpaired) electrons. The number of hydrogen-bond donors (Lipinski definition) is 1. The van der Waals surface area contributed by atoms with Crippen molar-refractivity contribution in [2.75, 3.05) is 0 Å². The van der Waals surface area contributed by atoms with Crippen LogP contribution in [0.4, 0.5) is 0 Å². The van der Waals surface area contributed by atoms with Gasteiger partial charge in [-0.2, -0.15) is 0 Å². The van der Waals surface area contributed by atoms with Gasteiger partial charge in [-0.15, -0.1) is 0 Å². The Morgan fingerprint density at radius 3 is 3.22 bits per heavy atom.